The summed E-state index contributed by atoms with van der Waals surface area (Å²) in [5, 5.41) is 4.84. The lowest BCUT2D eigenvalue weighted by Crippen LogP contribution is -2.06. The van der Waals surface area contributed by atoms with Gasteiger partial charge in [0.15, 0.2) is 0 Å². The molecule has 14 heavy (non-hydrogen) atoms. The lowest BCUT2D eigenvalue weighted by Gasteiger charge is -2.05. The Balaban J connectivity index is 2.59. The predicted octanol–water partition coefficient (Wildman–Crippen LogP) is 2.61. The first-order valence-electron chi connectivity index (χ1n) is 4.38. The number of rotatable bonds is 1. The highest BCUT2D eigenvalue weighted by atomic mass is 16.1. The van der Waals surface area contributed by atoms with E-state index in [-0.39, 0.29) is 5.91 Å². The third-order valence-corrected chi connectivity index (χ3v) is 2.06. The van der Waals surface area contributed by atoms with Crippen molar-refractivity contribution in [2.45, 2.75) is 0 Å². The lowest BCUT2D eigenvalue weighted by molar-refractivity contribution is -0.112. The molecule has 69 valence electrons. The first kappa shape index (κ1) is 8.75. The first-order valence-corrected chi connectivity index (χ1v) is 4.38. The molecule has 1 amide bonds. The van der Waals surface area contributed by atoms with Gasteiger partial charge in [0, 0.05) is 18.0 Å². The summed E-state index contributed by atoms with van der Waals surface area (Å²) in [6.07, 6.45) is 0. The van der Waals surface area contributed by atoms with Crippen LogP contribution in [0.5, 0.6) is 0 Å². The summed E-state index contributed by atoms with van der Waals surface area (Å²) < 4.78 is 0. The van der Waals surface area contributed by atoms with Gasteiger partial charge in [0.1, 0.15) is 0 Å². The highest BCUT2D eigenvalue weighted by Crippen LogP contribution is 2.22. The summed E-state index contributed by atoms with van der Waals surface area (Å²) in [7, 11) is 0. The minimum atomic E-state index is -0.290. The molecule has 0 aliphatic heterocycles. The number of nitrogens with one attached hydrogen (secondary N) is 1. The quantitative estimate of drug-likeness (QED) is 0.725. The summed E-state index contributed by atoms with van der Waals surface area (Å²) in [5.41, 5.74) is 0.808. The largest absolute Gasteiger partial charge is 0.326 e. The van der Waals surface area contributed by atoms with Gasteiger partial charge in [-0.1, -0.05) is 36.4 Å². The van der Waals surface area contributed by atoms with E-state index in [1.165, 1.54) is 0 Å². The Kier molecular flexibility index (Phi) is 2.19. The minimum Gasteiger partial charge on any atom is -0.326 e. The molecule has 0 aromatic heterocycles. The molecule has 0 heterocycles. The number of benzene rings is 2. The van der Waals surface area contributed by atoms with Crippen LogP contribution in [0.3, 0.4) is 0 Å². The van der Waals surface area contributed by atoms with Crippen molar-refractivity contribution >= 4 is 22.4 Å². The Hall–Kier alpha value is -1.83. The summed E-state index contributed by atoms with van der Waals surface area (Å²) in [5.74, 6) is -0.290. The Bertz CT molecular complexity index is 471. The van der Waals surface area contributed by atoms with E-state index in [2.05, 4.69) is 12.2 Å². The maximum absolute atomic E-state index is 10.8. The topological polar surface area (TPSA) is 29.1 Å². The molecule has 2 aromatic rings. The normalized spacial score (nSPS) is 10.1. The molecular formula is C12H10NO. The van der Waals surface area contributed by atoms with Crippen molar-refractivity contribution in [3.63, 3.8) is 0 Å². The van der Waals surface area contributed by atoms with Crippen molar-refractivity contribution in [1.29, 1.82) is 0 Å². The fourth-order valence-corrected chi connectivity index (χ4v) is 1.48. The van der Waals surface area contributed by atoms with Crippen LogP contribution in [0.15, 0.2) is 42.5 Å². The Labute approximate surface area is 82.6 Å². The molecule has 0 aliphatic carbocycles. The van der Waals surface area contributed by atoms with Crippen molar-refractivity contribution in [2.75, 3.05) is 5.32 Å². The molecule has 1 N–H and O–H groups in total. The van der Waals surface area contributed by atoms with Gasteiger partial charge in [0.25, 0.3) is 0 Å². The van der Waals surface area contributed by atoms with E-state index in [9.17, 15) is 4.79 Å². The van der Waals surface area contributed by atoms with Crippen LogP contribution in [0, 0.1) is 6.92 Å². The summed E-state index contributed by atoms with van der Waals surface area (Å²) in [6.45, 7) is 3.29. The number of hydrogen-bond donors (Lipinski definition) is 1. The van der Waals surface area contributed by atoms with Gasteiger partial charge in [-0.2, -0.15) is 0 Å². The van der Waals surface area contributed by atoms with E-state index in [4.69, 9.17) is 0 Å². The molecular weight excluding hydrogens is 174 g/mol. The fraction of sp³-hybridized carbons (Fsp3) is 0. The van der Waals surface area contributed by atoms with E-state index < -0.39 is 0 Å². The van der Waals surface area contributed by atoms with E-state index in [0.717, 1.165) is 16.5 Å². The molecule has 1 radical (unpaired) electrons. The zero-order valence-electron chi connectivity index (χ0n) is 7.66. The molecule has 0 unspecified atom stereocenters. The van der Waals surface area contributed by atoms with Gasteiger partial charge in [0.2, 0.25) is 5.91 Å². The number of hydrogen-bond acceptors (Lipinski definition) is 1. The lowest BCUT2D eigenvalue weighted by atomic mass is 10.1. The van der Waals surface area contributed by atoms with Crippen LogP contribution >= 0.6 is 0 Å². The monoisotopic (exact) mass is 184 g/mol. The van der Waals surface area contributed by atoms with Crippen molar-refractivity contribution in [3.8, 4) is 0 Å². The Morgan fingerprint density at radius 2 is 1.79 bits per heavy atom. The molecule has 0 spiro atoms. The van der Waals surface area contributed by atoms with Crippen LogP contribution in [-0.2, 0) is 4.79 Å². The van der Waals surface area contributed by atoms with Crippen molar-refractivity contribution in [1.82, 2.24) is 0 Å². The zero-order valence-corrected chi connectivity index (χ0v) is 7.66. The fourth-order valence-electron chi connectivity index (χ4n) is 1.48. The number of fused-ring (bicyclic) bond motifs is 1. The summed E-state index contributed by atoms with van der Waals surface area (Å²) in [6, 6.07) is 13.7. The molecule has 2 rings (SSSR count). The van der Waals surface area contributed by atoms with Gasteiger partial charge < -0.3 is 5.32 Å². The number of anilines is 1. The standard InChI is InChI=1S/C12H10NO/c1-9(14)13-12-8-4-6-10-5-2-3-7-11(10)12/h2-8H,1H2,(H,13,14). The summed E-state index contributed by atoms with van der Waals surface area (Å²) in [4.78, 5) is 10.8. The van der Waals surface area contributed by atoms with Crippen LogP contribution in [-0.4, -0.2) is 5.91 Å². The molecule has 0 saturated carbocycles. The molecule has 0 aliphatic rings. The van der Waals surface area contributed by atoms with Crippen molar-refractivity contribution in [2.24, 2.45) is 0 Å². The molecule has 0 bridgehead atoms. The Morgan fingerprint density at radius 3 is 2.57 bits per heavy atom. The van der Waals surface area contributed by atoms with Gasteiger partial charge in [-0.05, 0) is 11.5 Å². The van der Waals surface area contributed by atoms with Gasteiger partial charge in [-0.25, -0.2) is 0 Å². The maximum atomic E-state index is 10.8. The van der Waals surface area contributed by atoms with E-state index in [1.807, 2.05) is 42.5 Å². The SMILES string of the molecule is [CH2]C(=O)Nc1cccc2ccccc12. The van der Waals surface area contributed by atoms with Gasteiger partial charge in [-0.15, -0.1) is 0 Å². The van der Waals surface area contributed by atoms with Crippen LogP contribution < -0.4 is 5.32 Å². The van der Waals surface area contributed by atoms with Gasteiger partial charge in [0.05, 0.1) is 0 Å². The third kappa shape index (κ3) is 1.59. The van der Waals surface area contributed by atoms with Crippen LogP contribution in [0.4, 0.5) is 5.69 Å². The molecule has 2 nitrogen and oxygen atoms in total. The zero-order chi connectivity index (χ0) is 9.97. The molecule has 2 aromatic carbocycles. The van der Waals surface area contributed by atoms with Crippen LogP contribution in [0.2, 0.25) is 0 Å². The second-order valence-electron chi connectivity index (χ2n) is 3.07. The highest BCUT2D eigenvalue weighted by molar-refractivity contribution is 6.03. The van der Waals surface area contributed by atoms with Crippen LogP contribution in [0.1, 0.15) is 0 Å². The van der Waals surface area contributed by atoms with E-state index in [1.54, 1.807) is 0 Å². The average molecular weight is 184 g/mol. The van der Waals surface area contributed by atoms with E-state index in [0.29, 0.717) is 0 Å². The van der Waals surface area contributed by atoms with E-state index >= 15 is 0 Å². The minimum absolute atomic E-state index is 0.290. The van der Waals surface area contributed by atoms with Crippen molar-refractivity contribution in [3.05, 3.63) is 49.4 Å². The summed E-state index contributed by atoms with van der Waals surface area (Å²) >= 11 is 0. The Morgan fingerprint density at radius 1 is 1.07 bits per heavy atom. The number of carbonyl (C=O) groups excluding carboxylic acids is 1. The average Bonchev–Trinajstić information content (AvgIpc) is 2.18. The predicted molar refractivity (Wildman–Crippen MR) is 57.9 cm³/mol. The number of amides is 1. The van der Waals surface area contributed by atoms with Crippen LogP contribution in [0.25, 0.3) is 10.8 Å². The molecule has 0 atom stereocenters. The van der Waals surface area contributed by atoms with Gasteiger partial charge >= 0.3 is 0 Å². The second kappa shape index (κ2) is 3.50. The molecule has 0 fully saturated rings. The van der Waals surface area contributed by atoms with Crippen molar-refractivity contribution < 1.29 is 4.79 Å². The number of carbonyl (C=O) groups is 1. The maximum Gasteiger partial charge on any atom is 0.224 e. The van der Waals surface area contributed by atoms with Gasteiger partial charge in [-0.3, -0.25) is 4.79 Å². The first-order chi connectivity index (χ1) is 6.77. The second-order valence-corrected chi connectivity index (χ2v) is 3.07. The molecule has 0 saturated heterocycles. The highest BCUT2D eigenvalue weighted by Gasteiger charge is 2.00. The third-order valence-electron chi connectivity index (χ3n) is 2.06. The molecule has 2 heteroatoms. The smallest absolute Gasteiger partial charge is 0.224 e.